The molecule has 7 heteroatoms. The molecule has 4 rings (SSSR count). The second kappa shape index (κ2) is 10.7. The Hall–Kier alpha value is -3.06. The number of hydrogen-bond donors (Lipinski definition) is 2. The van der Waals surface area contributed by atoms with Gasteiger partial charge in [0, 0.05) is 41.6 Å². The Morgan fingerprint density at radius 1 is 1.11 bits per heavy atom. The molecule has 1 aliphatic rings. The van der Waals surface area contributed by atoms with Gasteiger partial charge in [0.1, 0.15) is 5.75 Å². The number of phenolic OH excluding ortho intramolecular Hbond substituents is 1. The lowest BCUT2D eigenvalue weighted by molar-refractivity contribution is 0.0220. The highest BCUT2D eigenvalue weighted by Crippen LogP contribution is 2.36. The van der Waals surface area contributed by atoms with Gasteiger partial charge in [-0.05, 0) is 82.1 Å². The van der Waals surface area contributed by atoms with Crippen LogP contribution in [0.5, 0.6) is 5.75 Å². The summed E-state index contributed by atoms with van der Waals surface area (Å²) in [5.74, 6) is -3.23. The number of aromatic nitrogens is 1. The van der Waals surface area contributed by atoms with Crippen molar-refractivity contribution in [1.82, 2.24) is 9.88 Å². The molecular weight excluding hydrogens is 472 g/mol. The number of benzene rings is 2. The van der Waals surface area contributed by atoms with Gasteiger partial charge in [-0.1, -0.05) is 26.0 Å². The van der Waals surface area contributed by atoms with Crippen LogP contribution in [-0.2, 0) is 6.42 Å². The van der Waals surface area contributed by atoms with Gasteiger partial charge in [0.25, 0.3) is 0 Å². The Kier molecular flexibility index (Phi) is 7.83. The molecule has 3 aromatic rings. The summed E-state index contributed by atoms with van der Waals surface area (Å²) in [5.41, 5.74) is 3.85. The van der Waals surface area contributed by atoms with Crippen molar-refractivity contribution in [3.8, 4) is 16.9 Å². The summed E-state index contributed by atoms with van der Waals surface area (Å²) >= 11 is 0. The van der Waals surface area contributed by atoms with Gasteiger partial charge in [0.2, 0.25) is 5.92 Å². The number of halogens is 2. The molecule has 1 aromatic heterocycles. The van der Waals surface area contributed by atoms with Crippen LogP contribution in [-0.4, -0.2) is 52.9 Å². The van der Waals surface area contributed by atoms with Crippen molar-refractivity contribution in [1.29, 1.82) is 0 Å². The quantitative estimate of drug-likeness (QED) is 0.323. The third-order valence-corrected chi connectivity index (χ3v) is 7.35. The fourth-order valence-corrected chi connectivity index (χ4v) is 5.21. The Labute approximate surface area is 217 Å². The van der Waals surface area contributed by atoms with E-state index in [-0.39, 0.29) is 29.1 Å². The molecule has 0 aliphatic heterocycles. The predicted octanol–water partition coefficient (Wildman–Crippen LogP) is 6.93. The number of Topliss-reactive ketones (excluding diaryl/α,β-unsaturated/α-hetero) is 1. The molecule has 2 N–H and O–H groups in total. The summed E-state index contributed by atoms with van der Waals surface area (Å²) < 4.78 is 27.4. The number of fused-ring (bicyclic) bond motifs is 1. The number of hydrogen-bond acceptors (Lipinski definition) is 5. The highest BCUT2D eigenvalue weighted by atomic mass is 19.3. The Balaban J connectivity index is 1.77. The van der Waals surface area contributed by atoms with Gasteiger partial charge >= 0.3 is 0 Å². The highest BCUT2D eigenvalue weighted by molar-refractivity contribution is 6.09. The normalized spacial score (nSPS) is 18.5. The van der Waals surface area contributed by atoms with Crippen LogP contribution < -0.4 is 5.32 Å². The Bertz CT molecular complexity index is 1280. The number of nitrogens with zero attached hydrogens (tertiary/aromatic N) is 2. The summed E-state index contributed by atoms with van der Waals surface area (Å²) in [7, 11) is 4.23. The van der Waals surface area contributed by atoms with Crippen LogP contribution in [0.1, 0.15) is 62.4 Å². The minimum absolute atomic E-state index is 0.0291. The first-order valence-electron chi connectivity index (χ1n) is 13.0. The van der Waals surface area contributed by atoms with E-state index in [1.54, 1.807) is 18.3 Å². The summed E-state index contributed by atoms with van der Waals surface area (Å²) in [6.45, 7) is 4.62. The molecule has 1 saturated carbocycles. The minimum atomic E-state index is -2.93. The standard InChI is InChI=1S/C30H37F2N3O2/c1-18(2)29(37)25-17-33-26-12-6-20(19-7-13-27(36)21(14-19)16-30(3,31)32)15-24(26)28(25)34-22-8-10-23(11-9-22)35(4)5/h6-7,12-15,17-18,22-23,36H,8-11,16H2,1-5H3,(H,33,34)/t22-,23-. The van der Waals surface area contributed by atoms with Gasteiger partial charge in [-0.2, -0.15) is 0 Å². The predicted molar refractivity (Wildman–Crippen MR) is 146 cm³/mol. The molecule has 0 unspecified atom stereocenters. The van der Waals surface area contributed by atoms with Crippen LogP contribution in [0.25, 0.3) is 22.0 Å². The van der Waals surface area contributed by atoms with Crippen molar-refractivity contribution in [3.63, 3.8) is 0 Å². The average Bonchev–Trinajstić information content (AvgIpc) is 2.84. The van der Waals surface area contributed by atoms with Gasteiger partial charge in [-0.25, -0.2) is 8.78 Å². The zero-order valence-electron chi connectivity index (χ0n) is 22.3. The van der Waals surface area contributed by atoms with Crippen LogP contribution in [0.15, 0.2) is 42.6 Å². The molecule has 1 heterocycles. The van der Waals surface area contributed by atoms with Gasteiger partial charge in [-0.3, -0.25) is 9.78 Å². The Morgan fingerprint density at radius 3 is 2.38 bits per heavy atom. The summed E-state index contributed by atoms with van der Waals surface area (Å²) in [4.78, 5) is 20.0. The number of carbonyl (C=O) groups excluding carboxylic acids is 1. The maximum absolute atomic E-state index is 13.7. The van der Waals surface area contributed by atoms with E-state index in [1.165, 1.54) is 6.07 Å². The number of rotatable bonds is 8. The van der Waals surface area contributed by atoms with Crippen molar-refractivity contribution < 1.29 is 18.7 Å². The molecule has 198 valence electrons. The SMILES string of the molecule is CC(C)C(=O)c1cnc2ccc(-c3ccc(O)c(CC(C)(F)F)c3)cc2c1N[C@H]1CC[C@H](N(C)C)CC1. The number of alkyl halides is 2. The van der Waals surface area contributed by atoms with E-state index >= 15 is 0 Å². The Morgan fingerprint density at radius 2 is 1.76 bits per heavy atom. The zero-order chi connectivity index (χ0) is 26.9. The van der Waals surface area contributed by atoms with Gasteiger partial charge in [0.15, 0.2) is 5.78 Å². The number of anilines is 1. The number of phenols is 1. The summed E-state index contributed by atoms with van der Waals surface area (Å²) in [6.07, 6.45) is 5.31. The third kappa shape index (κ3) is 6.27. The molecule has 5 nitrogen and oxygen atoms in total. The minimum Gasteiger partial charge on any atom is -0.508 e. The lowest BCUT2D eigenvalue weighted by atomic mass is 9.89. The molecule has 37 heavy (non-hydrogen) atoms. The van der Waals surface area contributed by atoms with E-state index in [0.717, 1.165) is 60.3 Å². The van der Waals surface area contributed by atoms with E-state index < -0.39 is 12.3 Å². The first-order valence-corrected chi connectivity index (χ1v) is 13.0. The maximum Gasteiger partial charge on any atom is 0.249 e. The largest absolute Gasteiger partial charge is 0.508 e. The summed E-state index contributed by atoms with van der Waals surface area (Å²) in [5, 5.41) is 14.7. The number of nitrogens with one attached hydrogen (secondary N) is 1. The average molecular weight is 510 g/mol. The molecule has 1 fully saturated rings. The smallest absolute Gasteiger partial charge is 0.249 e. The molecule has 1 aliphatic carbocycles. The zero-order valence-corrected chi connectivity index (χ0v) is 22.3. The van der Waals surface area contributed by atoms with E-state index in [2.05, 4.69) is 29.3 Å². The van der Waals surface area contributed by atoms with Crippen molar-refractivity contribution >= 4 is 22.4 Å². The molecule has 2 aromatic carbocycles. The lowest BCUT2D eigenvalue weighted by Crippen LogP contribution is -2.36. The van der Waals surface area contributed by atoms with Crippen molar-refractivity contribution in [2.75, 3.05) is 19.4 Å². The second-order valence-corrected chi connectivity index (χ2v) is 11.0. The van der Waals surface area contributed by atoms with E-state index in [1.807, 2.05) is 32.0 Å². The lowest BCUT2D eigenvalue weighted by Gasteiger charge is -2.34. The fourth-order valence-electron chi connectivity index (χ4n) is 5.21. The molecule has 0 amide bonds. The van der Waals surface area contributed by atoms with Gasteiger partial charge in [-0.15, -0.1) is 0 Å². The van der Waals surface area contributed by atoms with Crippen LogP contribution >= 0.6 is 0 Å². The molecule has 0 atom stereocenters. The first kappa shape index (κ1) is 27.0. The highest BCUT2D eigenvalue weighted by Gasteiger charge is 2.26. The van der Waals surface area contributed by atoms with Crippen LogP contribution in [0.2, 0.25) is 0 Å². The molecule has 0 radical (unpaired) electrons. The first-order chi connectivity index (χ1) is 17.4. The van der Waals surface area contributed by atoms with E-state index in [4.69, 9.17) is 0 Å². The molecule has 0 saturated heterocycles. The molecular formula is C30H37F2N3O2. The number of aromatic hydroxyl groups is 1. The molecule has 0 bridgehead atoms. The second-order valence-electron chi connectivity index (χ2n) is 11.0. The topological polar surface area (TPSA) is 65.5 Å². The van der Waals surface area contributed by atoms with Gasteiger partial charge < -0.3 is 15.3 Å². The van der Waals surface area contributed by atoms with Crippen molar-refractivity contribution in [2.24, 2.45) is 5.92 Å². The van der Waals surface area contributed by atoms with Crippen LogP contribution in [0.3, 0.4) is 0 Å². The number of carbonyl (C=O) groups is 1. The van der Waals surface area contributed by atoms with Gasteiger partial charge in [0.05, 0.1) is 16.8 Å². The fraction of sp³-hybridized carbons (Fsp3) is 0.467. The maximum atomic E-state index is 13.7. The van der Waals surface area contributed by atoms with Crippen LogP contribution in [0, 0.1) is 5.92 Å². The van der Waals surface area contributed by atoms with Crippen LogP contribution in [0.4, 0.5) is 14.5 Å². The third-order valence-electron chi connectivity index (χ3n) is 7.35. The van der Waals surface area contributed by atoms with E-state index in [9.17, 15) is 18.7 Å². The molecule has 0 spiro atoms. The van der Waals surface area contributed by atoms with E-state index in [0.29, 0.717) is 11.6 Å². The number of pyridine rings is 1. The summed E-state index contributed by atoms with van der Waals surface area (Å²) in [6, 6.07) is 11.4. The van der Waals surface area contributed by atoms with Crippen molar-refractivity contribution in [3.05, 3.63) is 53.7 Å². The van der Waals surface area contributed by atoms with Crippen molar-refractivity contribution in [2.45, 2.75) is 70.9 Å². The monoisotopic (exact) mass is 509 g/mol. The number of ketones is 1.